The maximum atomic E-state index is 13.5. The van der Waals surface area contributed by atoms with Gasteiger partial charge in [0.25, 0.3) is 0 Å². The second-order valence-electron chi connectivity index (χ2n) is 5.32. The minimum absolute atomic E-state index is 0.183. The van der Waals surface area contributed by atoms with E-state index >= 15 is 0 Å². The molecule has 0 saturated carbocycles. The zero-order valence-corrected chi connectivity index (χ0v) is 12.7. The van der Waals surface area contributed by atoms with E-state index in [-0.39, 0.29) is 18.1 Å². The van der Waals surface area contributed by atoms with Gasteiger partial charge in [0, 0.05) is 11.9 Å². The molecular weight excluding hydrogens is 293 g/mol. The van der Waals surface area contributed by atoms with Crippen LogP contribution in [0.1, 0.15) is 11.1 Å². The fourth-order valence-electron chi connectivity index (χ4n) is 2.23. The molecule has 3 aromatic rings. The third-order valence-electron chi connectivity index (χ3n) is 3.48. The number of para-hydroxylation sites is 1. The van der Waals surface area contributed by atoms with E-state index in [2.05, 4.69) is 10.4 Å². The fourth-order valence-corrected chi connectivity index (χ4v) is 2.23. The molecule has 0 unspecified atom stereocenters. The number of carbonyl (C=O) groups is 1. The molecule has 5 heteroatoms. The molecule has 2 aromatic carbocycles. The Morgan fingerprint density at radius 2 is 2.00 bits per heavy atom. The Labute approximate surface area is 133 Å². The molecule has 0 aliphatic carbocycles. The molecule has 23 heavy (non-hydrogen) atoms. The average molecular weight is 309 g/mol. The number of nitrogens with one attached hydrogen (secondary N) is 1. The number of hydrogen-bond acceptors (Lipinski definition) is 2. The number of halogens is 1. The highest BCUT2D eigenvalue weighted by Crippen LogP contribution is 2.14. The first-order valence-electron chi connectivity index (χ1n) is 7.27. The highest BCUT2D eigenvalue weighted by atomic mass is 19.1. The van der Waals surface area contributed by atoms with Gasteiger partial charge in [-0.1, -0.05) is 24.3 Å². The summed E-state index contributed by atoms with van der Waals surface area (Å²) in [5, 5.41) is 6.94. The predicted octanol–water partition coefficient (Wildman–Crippen LogP) is 3.50. The van der Waals surface area contributed by atoms with E-state index in [1.807, 2.05) is 36.5 Å². The quantitative estimate of drug-likeness (QED) is 0.802. The van der Waals surface area contributed by atoms with Gasteiger partial charge in [-0.25, -0.2) is 9.07 Å². The molecule has 0 atom stereocenters. The zero-order chi connectivity index (χ0) is 16.2. The summed E-state index contributed by atoms with van der Waals surface area (Å²) in [6.45, 7) is 1.68. The number of aryl methyl sites for hydroxylation is 1. The first-order valence-corrected chi connectivity index (χ1v) is 7.27. The maximum Gasteiger partial charge on any atom is 0.228 e. The van der Waals surface area contributed by atoms with Crippen molar-refractivity contribution in [2.45, 2.75) is 13.3 Å². The molecule has 3 rings (SSSR count). The van der Waals surface area contributed by atoms with E-state index in [9.17, 15) is 9.18 Å². The Hall–Kier alpha value is -2.95. The van der Waals surface area contributed by atoms with Crippen LogP contribution in [0.25, 0.3) is 5.69 Å². The highest BCUT2D eigenvalue weighted by Gasteiger charge is 2.08. The van der Waals surface area contributed by atoms with Gasteiger partial charge in [-0.05, 0) is 42.3 Å². The van der Waals surface area contributed by atoms with Crippen LogP contribution in [-0.2, 0) is 11.2 Å². The van der Waals surface area contributed by atoms with E-state index in [1.165, 1.54) is 6.07 Å². The fraction of sp³-hybridized carbons (Fsp3) is 0.111. The Morgan fingerprint density at radius 1 is 1.22 bits per heavy atom. The minimum Gasteiger partial charge on any atom is -0.326 e. The van der Waals surface area contributed by atoms with Gasteiger partial charge in [0.2, 0.25) is 5.91 Å². The summed E-state index contributed by atoms with van der Waals surface area (Å²) in [5.41, 5.74) is 2.72. The number of hydrogen-bond donors (Lipinski definition) is 1. The van der Waals surface area contributed by atoms with Gasteiger partial charge in [0.15, 0.2) is 0 Å². The van der Waals surface area contributed by atoms with Crippen LogP contribution in [0, 0.1) is 12.7 Å². The van der Waals surface area contributed by atoms with Crippen molar-refractivity contribution in [2.75, 3.05) is 5.32 Å². The van der Waals surface area contributed by atoms with Crippen LogP contribution in [0.15, 0.2) is 60.9 Å². The molecule has 0 aliphatic rings. The van der Waals surface area contributed by atoms with E-state index in [4.69, 9.17) is 0 Å². The Kier molecular flexibility index (Phi) is 4.19. The number of anilines is 1. The van der Waals surface area contributed by atoms with E-state index < -0.39 is 0 Å². The number of carbonyl (C=O) groups excluding carboxylic acids is 1. The number of rotatable bonds is 4. The summed E-state index contributed by atoms with van der Waals surface area (Å²) in [6.07, 6.45) is 3.65. The number of aromatic nitrogens is 2. The number of benzene rings is 2. The lowest BCUT2D eigenvalue weighted by molar-refractivity contribution is -0.115. The Balaban J connectivity index is 1.66. The SMILES string of the molecule is Cc1ccc(NC(=O)Cc2cnn(-c3ccccc3)c2)cc1F. The van der Waals surface area contributed by atoms with E-state index in [1.54, 1.807) is 29.9 Å². The molecule has 0 bridgehead atoms. The van der Waals surface area contributed by atoms with Crippen LogP contribution in [0.2, 0.25) is 0 Å². The zero-order valence-electron chi connectivity index (χ0n) is 12.7. The summed E-state index contributed by atoms with van der Waals surface area (Å²) < 4.78 is 15.2. The van der Waals surface area contributed by atoms with Crippen molar-refractivity contribution in [3.8, 4) is 5.69 Å². The van der Waals surface area contributed by atoms with Crippen LogP contribution in [0.4, 0.5) is 10.1 Å². The lowest BCUT2D eigenvalue weighted by Crippen LogP contribution is -2.14. The first kappa shape index (κ1) is 15.0. The number of amides is 1. The second kappa shape index (κ2) is 6.44. The van der Waals surface area contributed by atoms with Gasteiger partial charge in [0.05, 0.1) is 18.3 Å². The molecule has 1 aromatic heterocycles. The van der Waals surface area contributed by atoms with Crippen molar-refractivity contribution in [1.82, 2.24) is 9.78 Å². The van der Waals surface area contributed by atoms with Gasteiger partial charge in [0.1, 0.15) is 5.82 Å². The van der Waals surface area contributed by atoms with Crippen LogP contribution < -0.4 is 5.32 Å². The maximum absolute atomic E-state index is 13.5. The molecular formula is C18H16FN3O. The van der Waals surface area contributed by atoms with Crippen molar-refractivity contribution < 1.29 is 9.18 Å². The normalized spacial score (nSPS) is 10.5. The summed E-state index contributed by atoms with van der Waals surface area (Å²) in [7, 11) is 0. The van der Waals surface area contributed by atoms with Crippen LogP contribution in [0.5, 0.6) is 0 Å². The van der Waals surface area contributed by atoms with Crippen molar-refractivity contribution >= 4 is 11.6 Å². The molecule has 4 nitrogen and oxygen atoms in total. The molecule has 1 N–H and O–H groups in total. The minimum atomic E-state index is -0.334. The van der Waals surface area contributed by atoms with Gasteiger partial charge in [-0.2, -0.15) is 5.10 Å². The number of nitrogens with zero attached hydrogens (tertiary/aromatic N) is 2. The largest absolute Gasteiger partial charge is 0.326 e. The Morgan fingerprint density at radius 3 is 2.74 bits per heavy atom. The van der Waals surface area contributed by atoms with Crippen molar-refractivity contribution in [3.05, 3.63) is 77.9 Å². The summed E-state index contributed by atoms with van der Waals surface area (Å²) >= 11 is 0. The molecule has 0 saturated heterocycles. The van der Waals surface area contributed by atoms with Crippen LogP contribution in [0.3, 0.4) is 0 Å². The molecule has 0 spiro atoms. The van der Waals surface area contributed by atoms with Gasteiger partial charge >= 0.3 is 0 Å². The predicted molar refractivity (Wildman–Crippen MR) is 87.0 cm³/mol. The molecule has 1 amide bonds. The van der Waals surface area contributed by atoms with Gasteiger partial charge in [-0.3, -0.25) is 4.79 Å². The van der Waals surface area contributed by atoms with Crippen molar-refractivity contribution in [2.24, 2.45) is 0 Å². The molecule has 0 radical (unpaired) electrons. The molecule has 1 heterocycles. The van der Waals surface area contributed by atoms with Crippen molar-refractivity contribution in [1.29, 1.82) is 0 Å². The highest BCUT2D eigenvalue weighted by molar-refractivity contribution is 5.92. The topological polar surface area (TPSA) is 46.9 Å². The first-order chi connectivity index (χ1) is 11.1. The lowest BCUT2D eigenvalue weighted by atomic mass is 10.2. The average Bonchev–Trinajstić information content (AvgIpc) is 3.00. The van der Waals surface area contributed by atoms with Gasteiger partial charge < -0.3 is 5.32 Å². The molecule has 0 aliphatic heterocycles. The Bertz CT molecular complexity index is 827. The summed E-state index contributed by atoms with van der Waals surface area (Å²) in [5.74, 6) is -0.541. The van der Waals surface area contributed by atoms with Crippen LogP contribution in [-0.4, -0.2) is 15.7 Å². The smallest absolute Gasteiger partial charge is 0.228 e. The third-order valence-corrected chi connectivity index (χ3v) is 3.48. The molecule has 116 valence electrons. The standard InChI is InChI=1S/C18H16FN3O/c1-13-7-8-15(10-17(13)19)21-18(23)9-14-11-20-22(12-14)16-5-3-2-4-6-16/h2-8,10-12H,9H2,1H3,(H,21,23). The summed E-state index contributed by atoms with van der Waals surface area (Å²) in [4.78, 5) is 12.1. The summed E-state index contributed by atoms with van der Waals surface area (Å²) in [6, 6.07) is 14.3. The van der Waals surface area contributed by atoms with Gasteiger partial charge in [-0.15, -0.1) is 0 Å². The van der Waals surface area contributed by atoms with E-state index in [0.29, 0.717) is 11.3 Å². The van der Waals surface area contributed by atoms with E-state index in [0.717, 1.165) is 11.3 Å². The van der Waals surface area contributed by atoms with Crippen molar-refractivity contribution in [3.63, 3.8) is 0 Å². The second-order valence-corrected chi connectivity index (χ2v) is 5.32. The lowest BCUT2D eigenvalue weighted by Gasteiger charge is -2.05. The van der Waals surface area contributed by atoms with Crippen LogP contribution >= 0.6 is 0 Å². The molecule has 0 fully saturated rings. The third kappa shape index (κ3) is 3.63. The monoisotopic (exact) mass is 309 g/mol.